The van der Waals surface area contributed by atoms with Crippen LogP contribution in [0.1, 0.15) is 0 Å². The van der Waals surface area contributed by atoms with Gasteiger partial charge in [0.25, 0.3) is 0 Å². The highest BCUT2D eigenvalue weighted by atomic mass is 32.1. The molecular weight excluding hydrogens is 735 g/mol. The molecular formula is C55H33N3S. The number of pyridine rings is 1. The van der Waals surface area contributed by atoms with Crippen LogP contribution in [0.15, 0.2) is 200 Å². The Kier molecular flexibility index (Phi) is 7.72. The lowest BCUT2D eigenvalue weighted by atomic mass is 9.94. The van der Waals surface area contributed by atoms with E-state index in [1.807, 2.05) is 29.5 Å². The SMILES string of the molecule is c1ccc(-c2nc(-c3cccc(-c4ccc5c(ccc6ccccc65)c4)c3)cc(-c3ccc(-c4nc5ccccc5c5c4sc4ccccc45)c4ccccc34)n2)cc1. The first kappa shape index (κ1) is 33.6. The normalized spacial score (nSPS) is 11.7. The topological polar surface area (TPSA) is 38.7 Å². The average Bonchev–Trinajstić information content (AvgIpc) is 3.71. The van der Waals surface area contributed by atoms with E-state index in [4.69, 9.17) is 15.0 Å². The first-order valence-corrected chi connectivity index (χ1v) is 20.7. The zero-order chi connectivity index (χ0) is 38.9. The third kappa shape index (κ3) is 5.60. The van der Waals surface area contributed by atoms with Gasteiger partial charge in [-0.2, -0.15) is 0 Å². The summed E-state index contributed by atoms with van der Waals surface area (Å²) in [6.45, 7) is 0. The van der Waals surface area contributed by atoms with E-state index in [-0.39, 0.29) is 0 Å². The summed E-state index contributed by atoms with van der Waals surface area (Å²) in [6.07, 6.45) is 0. The minimum Gasteiger partial charge on any atom is -0.246 e. The van der Waals surface area contributed by atoms with E-state index in [1.165, 1.54) is 52.7 Å². The quantitative estimate of drug-likeness (QED) is 0.164. The fourth-order valence-electron chi connectivity index (χ4n) is 8.84. The van der Waals surface area contributed by atoms with Crippen molar-refractivity contribution in [2.24, 2.45) is 0 Å². The largest absolute Gasteiger partial charge is 0.246 e. The van der Waals surface area contributed by atoms with Gasteiger partial charge in [-0.3, -0.25) is 0 Å². The molecule has 274 valence electrons. The van der Waals surface area contributed by atoms with Crippen molar-refractivity contribution in [2.75, 3.05) is 0 Å². The maximum absolute atomic E-state index is 5.38. The second-order valence-corrected chi connectivity index (χ2v) is 16.2. The van der Waals surface area contributed by atoms with Crippen molar-refractivity contribution in [1.82, 2.24) is 15.0 Å². The van der Waals surface area contributed by atoms with E-state index in [0.717, 1.165) is 61.2 Å². The van der Waals surface area contributed by atoms with Gasteiger partial charge in [0.05, 0.1) is 27.3 Å². The summed E-state index contributed by atoms with van der Waals surface area (Å²) >= 11 is 1.82. The molecule has 0 saturated heterocycles. The molecule has 0 saturated carbocycles. The van der Waals surface area contributed by atoms with E-state index < -0.39 is 0 Å². The average molecular weight is 768 g/mol. The molecule has 0 fully saturated rings. The summed E-state index contributed by atoms with van der Waals surface area (Å²) < 4.78 is 2.47. The molecule has 0 aliphatic rings. The van der Waals surface area contributed by atoms with Crippen molar-refractivity contribution in [3.05, 3.63) is 200 Å². The van der Waals surface area contributed by atoms with Gasteiger partial charge in [0.1, 0.15) is 0 Å². The highest BCUT2D eigenvalue weighted by Gasteiger charge is 2.20. The van der Waals surface area contributed by atoms with Crippen LogP contribution in [0.5, 0.6) is 0 Å². The summed E-state index contributed by atoms with van der Waals surface area (Å²) in [6, 6.07) is 71.4. The Bertz CT molecular complexity index is 3620. The maximum Gasteiger partial charge on any atom is 0.160 e. The van der Waals surface area contributed by atoms with Crippen LogP contribution >= 0.6 is 11.3 Å². The molecule has 12 rings (SSSR count). The molecule has 0 spiro atoms. The molecule has 0 radical (unpaired) electrons. The highest BCUT2D eigenvalue weighted by Crippen LogP contribution is 2.45. The van der Waals surface area contributed by atoms with Gasteiger partial charge in [-0.05, 0) is 73.8 Å². The Morgan fingerprint density at radius 3 is 1.85 bits per heavy atom. The monoisotopic (exact) mass is 767 g/mol. The van der Waals surface area contributed by atoms with Gasteiger partial charge in [-0.1, -0.05) is 170 Å². The number of nitrogens with zero attached hydrogens (tertiary/aromatic N) is 3. The lowest BCUT2D eigenvalue weighted by Gasteiger charge is -2.15. The molecule has 0 amide bonds. The summed E-state index contributed by atoms with van der Waals surface area (Å²) in [7, 11) is 0. The van der Waals surface area contributed by atoms with Gasteiger partial charge < -0.3 is 0 Å². The zero-order valence-electron chi connectivity index (χ0n) is 31.8. The van der Waals surface area contributed by atoms with Crippen molar-refractivity contribution in [2.45, 2.75) is 0 Å². The Morgan fingerprint density at radius 1 is 0.339 bits per heavy atom. The molecule has 0 aliphatic carbocycles. The molecule has 12 aromatic rings. The van der Waals surface area contributed by atoms with Crippen molar-refractivity contribution >= 4 is 74.7 Å². The van der Waals surface area contributed by atoms with Gasteiger partial charge in [0.2, 0.25) is 0 Å². The fraction of sp³-hybridized carbons (Fsp3) is 0. The third-order valence-electron chi connectivity index (χ3n) is 11.7. The molecule has 4 heteroatoms. The van der Waals surface area contributed by atoms with Crippen molar-refractivity contribution in [3.8, 4) is 56.3 Å². The molecule has 3 heterocycles. The minimum absolute atomic E-state index is 0.692. The number of rotatable bonds is 5. The van der Waals surface area contributed by atoms with Gasteiger partial charge in [-0.15, -0.1) is 11.3 Å². The molecule has 0 bridgehead atoms. The van der Waals surface area contributed by atoms with Crippen LogP contribution in [0.4, 0.5) is 0 Å². The first-order chi connectivity index (χ1) is 29.2. The Hall–Kier alpha value is -7.53. The first-order valence-electron chi connectivity index (χ1n) is 19.9. The molecule has 9 aromatic carbocycles. The maximum atomic E-state index is 5.38. The summed E-state index contributed by atoms with van der Waals surface area (Å²) in [5.41, 5.74) is 10.2. The predicted octanol–water partition coefficient (Wildman–Crippen LogP) is 15.2. The standard InChI is InChI=1S/C55H33N3S/c1-2-14-35(15-3-1)55-57-49(39-17-12-16-36(32-39)37-27-28-41-38(31-37)26-25-34-13-4-5-18-40(34)41)33-50(58-55)44-29-30-45(43-20-7-6-19-42(43)44)53-54-52(46-21-8-10-23-48(46)56-53)47-22-9-11-24-51(47)59-54/h1-33H. The lowest BCUT2D eigenvalue weighted by Crippen LogP contribution is -1.97. The molecule has 3 aromatic heterocycles. The van der Waals surface area contributed by atoms with Crippen molar-refractivity contribution in [3.63, 3.8) is 0 Å². The summed E-state index contributed by atoms with van der Waals surface area (Å²) in [5, 5.41) is 11.0. The van der Waals surface area contributed by atoms with E-state index in [0.29, 0.717) is 5.82 Å². The Balaban J connectivity index is 1.03. The van der Waals surface area contributed by atoms with Gasteiger partial charge in [0, 0.05) is 43.1 Å². The number of benzene rings is 9. The third-order valence-corrected chi connectivity index (χ3v) is 12.8. The number of aromatic nitrogens is 3. The second-order valence-electron chi connectivity index (χ2n) is 15.1. The van der Waals surface area contributed by atoms with Crippen LogP contribution in [0, 0.1) is 0 Å². The lowest BCUT2D eigenvalue weighted by molar-refractivity contribution is 1.18. The fourth-order valence-corrected chi connectivity index (χ4v) is 10.1. The number of hydrogen-bond donors (Lipinski definition) is 0. The summed E-state index contributed by atoms with van der Waals surface area (Å²) in [4.78, 5) is 15.9. The van der Waals surface area contributed by atoms with Gasteiger partial charge in [0.15, 0.2) is 5.82 Å². The van der Waals surface area contributed by atoms with E-state index >= 15 is 0 Å². The number of thiophene rings is 1. The van der Waals surface area contributed by atoms with Gasteiger partial charge >= 0.3 is 0 Å². The van der Waals surface area contributed by atoms with Crippen LogP contribution in [-0.2, 0) is 0 Å². The molecule has 3 nitrogen and oxygen atoms in total. The molecule has 0 unspecified atom stereocenters. The van der Waals surface area contributed by atoms with Crippen molar-refractivity contribution < 1.29 is 0 Å². The summed E-state index contributed by atoms with van der Waals surface area (Å²) in [5.74, 6) is 0.692. The number of fused-ring (bicyclic) bond motifs is 9. The van der Waals surface area contributed by atoms with Crippen LogP contribution in [0.25, 0.3) is 120 Å². The Labute approximate surface area is 344 Å². The van der Waals surface area contributed by atoms with Crippen LogP contribution in [0.3, 0.4) is 0 Å². The van der Waals surface area contributed by atoms with E-state index in [2.05, 4.69) is 182 Å². The zero-order valence-corrected chi connectivity index (χ0v) is 32.6. The predicted molar refractivity (Wildman–Crippen MR) is 250 cm³/mol. The van der Waals surface area contributed by atoms with E-state index in [1.54, 1.807) is 0 Å². The number of para-hydroxylation sites is 1. The molecule has 0 aliphatic heterocycles. The van der Waals surface area contributed by atoms with E-state index in [9.17, 15) is 0 Å². The molecule has 0 N–H and O–H groups in total. The number of hydrogen-bond acceptors (Lipinski definition) is 4. The van der Waals surface area contributed by atoms with Crippen molar-refractivity contribution in [1.29, 1.82) is 0 Å². The molecule has 0 atom stereocenters. The Morgan fingerprint density at radius 2 is 0.966 bits per heavy atom. The smallest absolute Gasteiger partial charge is 0.160 e. The highest BCUT2D eigenvalue weighted by molar-refractivity contribution is 7.26. The van der Waals surface area contributed by atoms with Crippen LogP contribution < -0.4 is 0 Å². The van der Waals surface area contributed by atoms with Crippen LogP contribution in [0.2, 0.25) is 0 Å². The van der Waals surface area contributed by atoms with Gasteiger partial charge in [-0.25, -0.2) is 15.0 Å². The minimum atomic E-state index is 0.692. The van der Waals surface area contributed by atoms with Crippen LogP contribution in [-0.4, -0.2) is 15.0 Å². The molecule has 59 heavy (non-hydrogen) atoms. The second kappa shape index (κ2) is 13.6.